The zero-order valence-electron chi connectivity index (χ0n) is 7.89. The van der Waals surface area contributed by atoms with Gasteiger partial charge in [-0.3, -0.25) is 0 Å². The summed E-state index contributed by atoms with van der Waals surface area (Å²) in [5.41, 5.74) is 0. The van der Waals surface area contributed by atoms with Crippen molar-refractivity contribution >= 4 is 0 Å². The number of ether oxygens (including phenoxy) is 2. The Bertz CT molecular complexity index is 117. The maximum atomic E-state index is 5.28. The fourth-order valence-electron chi connectivity index (χ4n) is 0.627. The summed E-state index contributed by atoms with van der Waals surface area (Å²) in [5, 5.41) is 0. The van der Waals surface area contributed by atoms with Crippen molar-refractivity contribution in [1.82, 2.24) is 0 Å². The first-order valence-electron chi connectivity index (χ1n) is 3.98. The molecule has 0 aromatic rings. The number of hydrogen-bond donors (Lipinski definition) is 0. The second-order valence-electron chi connectivity index (χ2n) is 3.07. The molecule has 0 saturated heterocycles. The predicted molar refractivity (Wildman–Crippen MR) is 46.4 cm³/mol. The van der Waals surface area contributed by atoms with Crippen LogP contribution in [0.2, 0.25) is 0 Å². The minimum atomic E-state index is 0.193. The molecule has 0 spiro atoms. The lowest BCUT2D eigenvalue weighted by Gasteiger charge is -2.13. The van der Waals surface area contributed by atoms with Crippen LogP contribution in [0.3, 0.4) is 0 Å². The van der Waals surface area contributed by atoms with Crippen LogP contribution in [-0.4, -0.2) is 18.8 Å². The van der Waals surface area contributed by atoms with Crippen LogP contribution >= 0.6 is 0 Å². The molecule has 0 atom stereocenters. The van der Waals surface area contributed by atoms with Gasteiger partial charge in [0.1, 0.15) is 12.4 Å². The summed E-state index contributed by atoms with van der Waals surface area (Å²) < 4.78 is 10.6. The van der Waals surface area contributed by atoms with Crippen molar-refractivity contribution in [3.05, 3.63) is 12.3 Å². The maximum Gasteiger partial charge on any atom is 0.115 e. The highest BCUT2D eigenvalue weighted by molar-refractivity contribution is 4.82. The average Bonchev–Trinajstić information content (AvgIpc) is 1.82. The summed E-state index contributed by atoms with van der Waals surface area (Å²) in [6.45, 7) is 12.1. The first kappa shape index (κ1) is 10.5. The Morgan fingerprint density at radius 1 is 1.18 bits per heavy atom. The molecule has 0 bridgehead atoms. The minimum Gasteiger partial charge on any atom is -0.494 e. The van der Waals surface area contributed by atoms with Crippen molar-refractivity contribution < 1.29 is 9.47 Å². The topological polar surface area (TPSA) is 18.5 Å². The van der Waals surface area contributed by atoms with Gasteiger partial charge < -0.3 is 9.47 Å². The second-order valence-corrected chi connectivity index (χ2v) is 3.07. The third kappa shape index (κ3) is 7.40. The highest BCUT2D eigenvalue weighted by atomic mass is 16.5. The molecule has 0 aromatic heterocycles. The molecule has 2 heteroatoms. The highest BCUT2D eigenvalue weighted by Crippen LogP contribution is 2.01. The summed E-state index contributed by atoms with van der Waals surface area (Å²) in [4.78, 5) is 0. The van der Waals surface area contributed by atoms with Crippen LogP contribution in [0.5, 0.6) is 0 Å². The summed E-state index contributed by atoms with van der Waals surface area (Å²) in [7, 11) is 0. The smallest absolute Gasteiger partial charge is 0.115 e. The molecular formula is C9H18O2. The summed E-state index contributed by atoms with van der Waals surface area (Å²) in [6.07, 6.45) is 0.431. The van der Waals surface area contributed by atoms with Crippen LogP contribution in [0.15, 0.2) is 12.3 Å². The van der Waals surface area contributed by atoms with E-state index in [1.165, 1.54) is 0 Å². The molecule has 66 valence electrons. The van der Waals surface area contributed by atoms with Crippen molar-refractivity contribution in [3.8, 4) is 0 Å². The van der Waals surface area contributed by atoms with E-state index in [4.69, 9.17) is 9.47 Å². The van der Waals surface area contributed by atoms with Crippen LogP contribution in [0.4, 0.5) is 0 Å². The molecule has 11 heavy (non-hydrogen) atoms. The summed E-state index contributed by atoms with van der Waals surface area (Å²) in [6, 6.07) is 0. The van der Waals surface area contributed by atoms with E-state index < -0.39 is 0 Å². The third-order valence-corrected chi connectivity index (χ3v) is 0.980. The lowest BCUT2D eigenvalue weighted by molar-refractivity contribution is 0.0446. The van der Waals surface area contributed by atoms with Gasteiger partial charge in [0, 0.05) is 0 Å². The zero-order valence-corrected chi connectivity index (χ0v) is 7.89. The van der Waals surface area contributed by atoms with Crippen molar-refractivity contribution in [2.24, 2.45) is 0 Å². The molecule has 0 rings (SSSR count). The van der Waals surface area contributed by atoms with Gasteiger partial charge in [-0.15, -0.1) is 0 Å². The van der Waals surface area contributed by atoms with E-state index in [1.807, 2.05) is 27.7 Å². The fourth-order valence-corrected chi connectivity index (χ4v) is 0.627. The van der Waals surface area contributed by atoms with Gasteiger partial charge in [-0.25, -0.2) is 0 Å². The van der Waals surface area contributed by atoms with E-state index >= 15 is 0 Å². The number of rotatable bonds is 5. The third-order valence-electron chi connectivity index (χ3n) is 0.980. The van der Waals surface area contributed by atoms with Gasteiger partial charge in [-0.2, -0.15) is 0 Å². The van der Waals surface area contributed by atoms with Gasteiger partial charge in [0.2, 0.25) is 0 Å². The van der Waals surface area contributed by atoms with Crippen molar-refractivity contribution in [2.45, 2.75) is 39.9 Å². The number of hydrogen-bond acceptors (Lipinski definition) is 2. The lowest BCUT2D eigenvalue weighted by atomic mass is 10.4. The Hall–Kier alpha value is -0.500. The Balaban J connectivity index is 3.38. The highest BCUT2D eigenvalue weighted by Gasteiger charge is 1.99. The normalized spacial score (nSPS) is 10.7. The van der Waals surface area contributed by atoms with Crippen molar-refractivity contribution in [2.75, 3.05) is 6.61 Å². The lowest BCUT2D eigenvalue weighted by Crippen LogP contribution is -2.10. The van der Waals surface area contributed by atoms with E-state index in [9.17, 15) is 0 Å². The molecule has 0 aromatic carbocycles. The predicted octanol–water partition coefficient (Wildman–Crippen LogP) is 2.35. The Morgan fingerprint density at radius 2 is 1.73 bits per heavy atom. The van der Waals surface area contributed by atoms with Gasteiger partial charge in [0.15, 0.2) is 0 Å². The molecule has 0 aliphatic carbocycles. The van der Waals surface area contributed by atoms with E-state index in [-0.39, 0.29) is 12.2 Å². The van der Waals surface area contributed by atoms with Gasteiger partial charge in [-0.1, -0.05) is 6.58 Å². The zero-order chi connectivity index (χ0) is 8.85. The van der Waals surface area contributed by atoms with Crippen LogP contribution in [-0.2, 0) is 9.47 Å². The van der Waals surface area contributed by atoms with Crippen LogP contribution < -0.4 is 0 Å². The Labute approximate surface area is 69.2 Å². The molecule has 0 heterocycles. The fraction of sp³-hybridized carbons (Fsp3) is 0.778. The van der Waals surface area contributed by atoms with E-state index in [2.05, 4.69) is 6.58 Å². The van der Waals surface area contributed by atoms with Gasteiger partial charge in [0.05, 0.1) is 12.2 Å². The molecule has 0 saturated carbocycles. The Morgan fingerprint density at radius 3 is 2.09 bits per heavy atom. The molecular weight excluding hydrogens is 140 g/mol. The maximum absolute atomic E-state index is 5.28. The first-order chi connectivity index (χ1) is 5.02. The molecule has 0 unspecified atom stereocenters. The first-order valence-corrected chi connectivity index (χ1v) is 3.98. The van der Waals surface area contributed by atoms with Gasteiger partial charge in [-0.05, 0) is 27.7 Å². The molecule has 0 fully saturated rings. The molecule has 0 N–H and O–H groups in total. The molecule has 2 nitrogen and oxygen atoms in total. The molecule has 0 amide bonds. The average molecular weight is 158 g/mol. The monoisotopic (exact) mass is 158 g/mol. The van der Waals surface area contributed by atoms with E-state index in [0.717, 1.165) is 0 Å². The molecule has 0 aliphatic heterocycles. The largest absolute Gasteiger partial charge is 0.494 e. The Kier molecular flexibility index (Phi) is 4.95. The molecule has 0 radical (unpaired) electrons. The van der Waals surface area contributed by atoms with Gasteiger partial charge >= 0.3 is 0 Å². The van der Waals surface area contributed by atoms with E-state index in [1.54, 1.807) is 0 Å². The minimum absolute atomic E-state index is 0.193. The van der Waals surface area contributed by atoms with Crippen molar-refractivity contribution in [1.29, 1.82) is 0 Å². The van der Waals surface area contributed by atoms with Crippen molar-refractivity contribution in [3.63, 3.8) is 0 Å². The van der Waals surface area contributed by atoms with Gasteiger partial charge in [0.25, 0.3) is 0 Å². The summed E-state index contributed by atoms with van der Waals surface area (Å²) in [5.74, 6) is 0.703. The SMILES string of the molecule is C=C(COC(C)C)OC(C)C. The quantitative estimate of drug-likeness (QED) is 0.572. The van der Waals surface area contributed by atoms with Crippen LogP contribution in [0.25, 0.3) is 0 Å². The van der Waals surface area contributed by atoms with Crippen LogP contribution in [0, 0.1) is 0 Å². The standard InChI is InChI=1S/C9H18O2/c1-7(2)10-6-9(5)11-8(3)4/h7-8H,5-6H2,1-4H3. The second kappa shape index (κ2) is 5.19. The van der Waals surface area contributed by atoms with E-state index in [0.29, 0.717) is 12.4 Å². The summed E-state index contributed by atoms with van der Waals surface area (Å²) >= 11 is 0. The van der Waals surface area contributed by atoms with Crippen LogP contribution in [0.1, 0.15) is 27.7 Å². The molecule has 0 aliphatic rings.